The van der Waals surface area contributed by atoms with E-state index in [4.69, 9.17) is 11.6 Å². The molecular weight excluding hydrogens is 256 g/mol. The lowest BCUT2D eigenvalue weighted by molar-refractivity contribution is 0.716. The summed E-state index contributed by atoms with van der Waals surface area (Å²) < 4.78 is 2.19. The Morgan fingerprint density at radius 1 is 0.947 bits per heavy atom. The number of halogens is 1. The highest BCUT2D eigenvalue weighted by Gasteiger charge is 2.30. The predicted molar refractivity (Wildman–Crippen MR) is 76.4 cm³/mol. The SMILES string of the molecule is Clc1ccccc1C1c2ccccc2-c2nccn21. The molecule has 3 aromatic rings. The Labute approximate surface area is 116 Å². The molecule has 1 aliphatic heterocycles. The number of hydrogen-bond donors (Lipinski definition) is 0. The van der Waals surface area contributed by atoms with Gasteiger partial charge >= 0.3 is 0 Å². The van der Waals surface area contributed by atoms with E-state index in [9.17, 15) is 0 Å². The first-order chi connectivity index (χ1) is 9.36. The van der Waals surface area contributed by atoms with Crippen LogP contribution in [0.3, 0.4) is 0 Å². The third kappa shape index (κ3) is 1.47. The molecule has 0 radical (unpaired) electrons. The molecule has 2 aromatic carbocycles. The number of imidazole rings is 1. The third-order valence-electron chi connectivity index (χ3n) is 3.64. The van der Waals surface area contributed by atoms with Gasteiger partial charge in [0.05, 0.1) is 6.04 Å². The fourth-order valence-corrected chi connectivity index (χ4v) is 3.07. The quantitative estimate of drug-likeness (QED) is 0.506. The van der Waals surface area contributed by atoms with Crippen molar-refractivity contribution in [2.24, 2.45) is 0 Å². The van der Waals surface area contributed by atoms with E-state index in [1.807, 2.05) is 36.7 Å². The van der Waals surface area contributed by atoms with E-state index >= 15 is 0 Å². The molecule has 0 saturated heterocycles. The molecule has 0 N–H and O–H groups in total. The molecule has 1 aliphatic rings. The zero-order valence-electron chi connectivity index (χ0n) is 10.1. The van der Waals surface area contributed by atoms with Gasteiger partial charge in [-0.05, 0) is 17.2 Å². The highest BCUT2D eigenvalue weighted by Crippen LogP contribution is 2.43. The molecule has 3 heteroatoms. The highest BCUT2D eigenvalue weighted by molar-refractivity contribution is 6.31. The van der Waals surface area contributed by atoms with Crippen LogP contribution in [-0.2, 0) is 0 Å². The third-order valence-corrected chi connectivity index (χ3v) is 3.99. The van der Waals surface area contributed by atoms with E-state index in [-0.39, 0.29) is 6.04 Å². The minimum atomic E-state index is 0.127. The van der Waals surface area contributed by atoms with Crippen LogP contribution in [0.5, 0.6) is 0 Å². The first-order valence-corrected chi connectivity index (χ1v) is 6.60. The molecular formula is C16H11ClN2. The maximum atomic E-state index is 6.37. The highest BCUT2D eigenvalue weighted by atomic mass is 35.5. The standard InChI is InChI=1S/C16H11ClN2/c17-14-8-4-3-7-13(14)15-11-5-1-2-6-12(11)16-18-9-10-19(15)16/h1-10,15H. The predicted octanol–water partition coefficient (Wildman–Crippen LogP) is 4.15. The molecule has 1 unspecified atom stereocenters. The van der Waals surface area contributed by atoms with Gasteiger partial charge in [0.1, 0.15) is 5.82 Å². The van der Waals surface area contributed by atoms with E-state index in [0.29, 0.717) is 0 Å². The zero-order chi connectivity index (χ0) is 12.8. The summed E-state index contributed by atoms with van der Waals surface area (Å²) in [5, 5.41) is 0.795. The second-order valence-corrected chi connectivity index (χ2v) is 5.08. The number of rotatable bonds is 1. The minimum Gasteiger partial charge on any atom is -0.319 e. The topological polar surface area (TPSA) is 17.8 Å². The van der Waals surface area contributed by atoms with Crippen molar-refractivity contribution >= 4 is 11.6 Å². The summed E-state index contributed by atoms with van der Waals surface area (Å²) in [5.74, 6) is 1.01. The van der Waals surface area contributed by atoms with E-state index in [1.165, 1.54) is 11.1 Å². The van der Waals surface area contributed by atoms with Gasteiger partial charge in [-0.15, -0.1) is 0 Å². The van der Waals surface area contributed by atoms with E-state index in [0.717, 1.165) is 16.4 Å². The van der Waals surface area contributed by atoms with Gasteiger partial charge in [-0.3, -0.25) is 0 Å². The van der Waals surface area contributed by atoms with Crippen molar-refractivity contribution in [3.63, 3.8) is 0 Å². The van der Waals surface area contributed by atoms with Gasteiger partial charge in [-0.25, -0.2) is 4.98 Å². The normalized spacial score (nSPS) is 16.2. The first-order valence-electron chi connectivity index (χ1n) is 6.23. The van der Waals surface area contributed by atoms with Gasteiger partial charge in [0, 0.05) is 23.0 Å². The van der Waals surface area contributed by atoms with Crippen molar-refractivity contribution in [2.45, 2.75) is 6.04 Å². The van der Waals surface area contributed by atoms with Crippen molar-refractivity contribution in [2.75, 3.05) is 0 Å². The molecule has 2 nitrogen and oxygen atoms in total. The van der Waals surface area contributed by atoms with Crippen LogP contribution in [0.1, 0.15) is 17.2 Å². The fourth-order valence-electron chi connectivity index (χ4n) is 2.83. The number of aromatic nitrogens is 2. The molecule has 2 heterocycles. The Bertz CT molecular complexity index is 761. The van der Waals surface area contributed by atoms with Crippen LogP contribution in [0.15, 0.2) is 60.9 Å². The van der Waals surface area contributed by atoms with Crippen molar-refractivity contribution in [1.29, 1.82) is 0 Å². The van der Waals surface area contributed by atoms with Crippen LogP contribution in [-0.4, -0.2) is 9.55 Å². The van der Waals surface area contributed by atoms with Crippen LogP contribution >= 0.6 is 11.6 Å². The van der Waals surface area contributed by atoms with Crippen LogP contribution in [0, 0.1) is 0 Å². The lowest BCUT2D eigenvalue weighted by Crippen LogP contribution is -2.06. The molecule has 92 valence electrons. The van der Waals surface area contributed by atoms with Gasteiger partial charge in [0.15, 0.2) is 0 Å². The number of nitrogens with zero attached hydrogens (tertiary/aromatic N) is 2. The Morgan fingerprint density at radius 3 is 2.53 bits per heavy atom. The van der Waals surface area contributed by atoms with Crippen molar-refractivity contribution in [3.8, 4) is 11.4 Å². The zero-order valence-corrected chi connectivity index (χ0v) is 10.9. The maximum Gasteiger partial charge on any atom is 0.141 e. The first kappa shape index (κ1) is 10.8. The Kier molecular flexibility index (Phi) is 2.26. The molecule has 1 aromatic heterocycles. The van der Waals surface area contributed by atoms with Crippen molar-refractivity contribution < 1.29 is 0 Å². The van der Waals surface area contributed by atoms with E-state index < -0.39 is 0 Å². The van der Waals surface area contributed by atoms with Crippen LogP contribution in [0.25, 0.3) is 11.4 Å². The smallest absolute Gasteiger partial charge is 0.141 e. The summed E-state index contributed by atoms with van der Waals surface area (Å²) in [7, 11) is 0. The number of hydrogen-bond acceptors (Lipinski definition) is 1. The fraction of sp³-hybridized carbons (Fsp3) is 0.0625. The van der Waals surface area contributed by atoms with Gasteiger partial charge in [0.2, 0.25) is 0 Å². The number of benzene rings is 2. The van der Waals surface area contributed by atoms with E-state index in [2.05, 4.69) is 33.8 Å². The largest absolute Gasteiger partial charge is 0.319 e. The van der Waals surface area contributed by atoms with E-state index in [1.54, 1.807) is 0 Å². The minimum absolute atomic E-state index is 0.127. The molecule has 0 saturated carbocycles. The van der Waals surface area contributed by atoms with Crippen LogP contribution in [0.2, 0.25) is 5.02 Å². The lowest BCUT2D eigenvalue weighted by atomic mass is 9.97. The van der Waals surface area contributed by atoms with Crippen LogP contribution < -0.4 is 0 Å². The molecule has 4 rings (SSSR count). The Balaban J connectivity index is 2.02. The average molecular weight is 267 g/mol. The molecule has 0 spiro atoms. The van der Waals surface area contributed by atoms with Gasteiger partial charge < -0.3 is 4.57 Å². The summed E-state index contributed by atoms with van der Waals surface area (Å²) in [6, 6.07) is 16.5. The summed E-state index contributed by atoms with van der Waals surface area (Å²) in [4.78, 5) is 4.46. The molecule has 0 bridgehead atoms. The van der Waals surface area contributed by atoms with Crippen molar-refractivity contribution in [3.05, 3.63) is 77.1 Å². The second-order valence-electron chi connectivity index (χ2n) is 4.67. The lowest BCUT2D eigenvalue weighted by Gasteiger charge is -2.16. The number of fused-ring (bicyclic) bond motifs is 3. The van der Waals surface area contributed by atoms with Gasteiger partial charge in [-0.1, -0.05) is 54.1 Å². The summed E-state index contributed by atoms with van der Waals surface area (Å²) in [6.07, 6.45) is 3.86. The Morgan fingerprint density at radius 2 is 1.68 bits per heavy atom. The van der Waals surface area contributed by atoms with Gasteiger partial charge in [-0.2, -0.15) is 0 Å². The maximum absolute atomic E-state index is 6.37. The second kappa shape index (κ2) is 3.97. The van der Waals surface area contributed by atoms with Gasteiger partial charge in [0.25, 0.3) is 0 Å². The molecule has 0 fully saturated rings. The van der Waals surface area contributed by atoms with Crippen molar-refractivity contribution in [1.82, 2.24) is 9.55 Å². The summed E-state index contributed by atoms with van der Waals surface area (Å²) in [5.41, 5.74) is 3.57. The molecule has 0 aliphatic carbocycles. The molecule has 19 heavy (non-hydrogen) atoms. The van der Waals surface area contributed by atoms with Crippen LogP contribution in [0.4, 0.5) is 0 Å². The molecule has 1 atom stereocenters. The Hall–Kier alpha value is -2.06. The summed E-state index contributed by atoms with van der Waals surface area (Å²) >= 11 is 6.37. The molecule has 0 amide bonds. The summed E-state index contributed by atoms with van der Waals surface area (Å²) in [6.45, 7) is 0. The monoisotopic (exact) mass is 266 g/mol. The average Bonchev–Trinajstić information content (AvgIpc) is 3.00.